The molecule has 1 saturated heterocycles. The molecule has 144 valence electrons. The van der Waals surface area contributed by atoms with Crippen molar-refractivity contribution in [1.29, 1.82) is 0 Å². The van der Waals surface area contributed by atoms with Gasteiger partial charge >= 0.3 is 0 Å². The average Bonchev–Trinajstić information content (AvgIpc) is 3.16. The molecule has 7 nitrogen and oxygen atoms in total. The van der Waals surface area contributed by atoms with Crippen molar-refractivity contribution in [2.45, 2.75) is 20.0 Å². The minimum atomic E-state index is -0.196. The molecule has 0 unspecified atom stereocenters. The summed E-state index contributed by atoms with van der Waals surface area (Å²) in [5.74, 6) is 1.20. The number of nitrogens with one attached hydrogen (secondary N) is 1. The second kappa shape index (κ2) is 8.10. The summed E-state index contributed by atoms with van der Waals surface area (Å²) in [6.07, 6.45) is 0.928. The number of hydrogen-bond acceptors (Lipinski definition) is 6. The van der Waals surface area contributed by atoms with Crippen LogP contribution in [0.1, 0.15) is 29.4 Å². The van der Waals surface area contributed by atoms with Crippen LogP contribution in [0.4, 0.5) is 0 Å². The number of benzene rings is 1. The zero-order valence-electron chi connectivity index (χ0n) is 15.7. The lowest BCUT2D eigenvalue weighted by molar-refractivity contribution is 0.0937. The van der Waals surface area contributed by atoms with Gasteiger partial charge in [0.1, 0.15) is 12.4 Å². The Labute approximate surface area is 159 Å². The number of piperazine rings is 1. The number of carbonyl (C=O) groups is 1. The number of nitrogens with zero attached hydrogens (tertiary/aromatic N) is 3. The van der Waals surface area contributed by atoms with Crippen LogP contribution >= 0.6 is 0 Å². The van der Waals surface area contributed by atoms with Gasteiger partial charge in [0.25, 0.3) is 5.91 Å². The monoisotopic (exact) mass is 370 g/mol. The first kappa shape index (κ1) is 18.0. The van der Waals surface area contributed by atoms with Gasteiger partial charge in [-0.3, -0.25) is 4.79 Å². The molecule has 0 spiro atoms. The number of likely N-dealkylation sites (N-methyl/N-ethyl adjacent to an activating group) is 1. The van der Waals surface area contributed by atoms with Crippen LogP contribution in [0.2, 0.25) is 0 Å². The number of hydrogen-bond donors (Lipinski definition) is 1. The van der Waals surface area contributed by atoms with Crippen molar-refractivity contribution < 1.29 is 14.1 Å². The molecule has 1 N–H and O–H groups in total. The van der Waals surface area contributed by atoms with Gasteiger partial charge in [0.2, 0.25) is 0 Å². The average molecular weight is 370 g/mol. The SMILES string of the molecule is CCN1CCN(CCCNC(=O)c2noc3c2COc2ccccc2-3)CC1. The second-order valence-corrected chi connectivity index (χ2v) is 7.01. The van der Waals surface area contributed by atoms with E-state index < -0.39 is 0 Å². The molecule has 2 aliphatic heterocycles. The van der Waals surface area contributed by atoms with Gasteiger partial charge in [-0.1, -0.05) is 24.2 Å². The lowest BCUT2D eigenvalue weighted by Crippen LogP contribution is -2.46. The Morgan fingerprint density at radius 2 is 1.96 bits per heavy atom. The maximum atomic E-state index is 12.5. The summed E-state index contributed by atoms with van der Waals surface area (Å²) >= 11 is 0. The van der Waals surface area contributed by atoms with Gasteiger partial charge in [0.15, 0.2) is 11.5 Å². The zero-order chi connectivity index (χ0) is 18.6. The first-order valence-electron chi connectivity index (χ1n) is 9.70. The molecular weight excluding hydrogens is 344 g/mol. The molecule has 1 aromatic carbocycles. The Kier molecular flexibility index (Phi) is 5.40. The molecule has 1 fully saturated rings. The van der Waals surface area contributed by atoms with Crippen molar-refractivity contribution >= 4 is 5.91 Å². The van der Waals surface area contributed by atoms with E-state index in [9.17, 15) is 4.79 Å². The van der Waals surface area contributed by atoms with Gasteiger partial charge in [0.05, 0.1) is 11.1 Å². The molecule has 27 heavy (non-hydrogen) atoms. The van der Waals surface area contributed by atoms with Crippen LogP contribution in [0.5, 0.6) is 5.75 Å². The van der Waals surface area contributed by atoms with Crippen molar-refractivity contribution in [2.75, 3.05) is 45.8 Å². The number of rotatable bonds is 6. The zero-order valence-corrected chi connectivity index (χ0v) is 15.7. The molecule has 0 aliphatic carbocycles. The van der Waals surface area contributed by atoms with Gasteiger partial charge in [-0.15, -0.1) is 0 Å². The van der Waals surface area contributed by atoms with Crippen molar-refractivity contribution in [3.8, 4) is 17.1 Å². The largest absolute Gasteiger partial charge is 0.488 e. The van der Waals surface area contributed by atoms with E-state index in [4.69, 9.17) is 9.26 Å². The predicted molar refractivity (Wildman–Crippen MR) is 102 cm³/mol. The predicted octanol–water partition coefficient (Wildman–Crippen LogP) is 1.99. The van der Waals surface area contributed by atoms with Gasteiger partial charge in [-0.25, -0.2) is 0 Å². The highest BCUT2D eigenvalue weighted by molar-refractivity contribution is 5.95. The highest BCUT2D eigenvalue weighted by atomic mass is 16.5. The van der Waals surface area contributed by atoms with Crippen LogP contribution < -0.4 is 10.1 Å². The molecule has 1 amide bonds. The molecule has 2 aromatic rings. The molecule has 0 bridgehead atoms. The summed E-state index contributed by atoms with van der Waals surface area (Å²) in [7, 11) is 0. The molecule has 2 aliphatic rings. The van der Waals surface area contributed by atoms with E-state index in [0.29, 0.717) is 24.6 Å². The third-order valence-corrected chi connectivity index (χ3v) is 5.36. The van der Waals surface area contributed by atoms with E-state index in [-0.39, 0.29) is 5.91 Å². The van der Waals surface area contributed by atoms with Crippen LogP contribution in [0, 0.1) is 0 Å². The number of ether oxygens (including phenoxy) is 1. The van der Waals surface area contributed by atoms with Gasteiger partial charge in [-0.05, 0) is 31.6 Å². The number of aromatic nitrogens is 1. The Bertz CT molecular complexity index is 796. The second-order valence-electron chi connectivity index (χ2n) is 7.01. The lowest BCUT2D eigenvalue weighted by atomic mass is 10.0. The quantitative estimate of drug-likeness (QED) is 0.784. The summed E-state index contributed by atoms with van der Waals surface area (Å²) in [6, 6.07) is 7.63. The molecule has 0 radical (unpaired) electrons. The Balaban J connectivity index is 1.29. The fourth-order valence-electron chi connectivity index (χ4n) is 3.68. The number of para-hydroxylation sites is 1. The van der Waals surface area contributed by atoms with Crippen LogP contribution in [0.25, 0.3) is 11.3 Å². The van der Waals surface area contributed by atoms with Crippen LogP contribution in [0.3, 0.4) is 0 Å². The standard InChI is InChI=1S/C20H26N4O3/c1-2-23-10-12-24(13-11-23)9-5-8-21-20(25)18-16-14-26-17-7-4-3-6-15(17)19(16)27-22-18/h3-4,6-7H,2,5,8-14H2,1H3,(H,21,25). The first-order chi connectivity index (χ1) is 13.3. The van der Waals surface area contributed by atoms with E-state index in [0.717, 1.165) is 62.6 Å². The molecule has 4 rings (SSSR count). The summed E-state index contributed by atoms with van der Waals surface area (Å²) in [6.45, 7) is 9.75. The molecular formula is C20H26N4O3. The van der Waals surface area contributed by atoms with E-state index in [1.54, 1.807) is 0 Å². The third-order valence-electron chi connectivity index (χ3n) is 5.36. The highest BCUT2D eigenvalue weighted by Crippen LogP contribution is 2.38. The normalized spacial score (nSPS) is 17.1. The third kappa shape index (κ3) is 3.84. The van der Waals surface area contributed by atoms with Crippen molar-refractivity contribution in [2.24, 2.45) is 0 Å². The van der Waals surface area contributed by atoms with E-state index in [1.807, 2.05) is 24.3 Å². The van der Waals surface area contributed by atoms with E-state index in [2.05, 4.69) is 27.2 Å². The minimum Gasteiger partial charge on any atom is -0.488 e. The summed E-state index contributed by atoms with van der Waals surface area (Å²) in [5.41, 5.74) is 1.90. The molecule has 0 atom stereocenters. The van der Waals surface area contributed by atoms with E-state index >= 15 is 0 Å². The Morgan fingerprint density at radius 1 is 1.19 bits per heavy atom. The topological polar surface area (TPSA) is 70.8 Å². The number of amides is 1. The fraction of sp³-hybridized carbons (Fsp3) is 0.500. The molecule has 0 saturated carbocycles. The van der Waals surface area contributed by atoms with Crippen LogP contribution in [0.15, 0.2) is 28.8 Å². The Hall–Kier alpha value is -2.38. The fourth-order valence-corrected chi connectivity index (χ4v) is 3.68. The molecule has 1 aromatic heterocycles. The van der Waals surface area contributed by atoms with Crippen molar-refractivity contribution in [3.05, 3.63) is 35.5 Å². The van der Waals surface area contributed by atoms with Crippen molar-refractivity contribution in [1.82, 2.24) is 20.3 Å². The Morgan fingerprint density at radius 3 is 2.78 bits per heavy atom. The number of carbonyl (C=O) groups excluding carboxylic acids is 1. The van der Waals surface area contributed by atoms with Crippen LogP contribution in [-0.2, 0) is 6.61 Å². The van der Waals surface area contributed by atoms with Gasteiger partial charge < -0.3 is 24.4 Å². The minimum absolute atomic E-state index is 0.196. The molecule has 7 heteroatoms. The summed E-state index contributed by atoms with van der Waals surface area (Å²) < 4.78 is 11.2. The van der Waals surface area contributed by atoms with Crippen LogP contribution in [-0.4, -0.2) is 66.7 Å². The van der Waals surface area contributed by atoms with Gasteiger partial charge in [-0.2, -0.15) is 0 Å². The smallest absolute Gasteiger partial charge is 0.273 e. The summed E-state index contributed by atoms with van der Waals surface area (Å²) in [5, 5.41) is 6.96. The maximum absolute atomic E-state index is 12.5. The first-order valence-corrected chi connectivity index (χ1v) is 9.70. The van der Waals surface area contributed by atoms with Gasteiger partial charge in [0, 0.05) is 32.7 Å². The molecule has 3 heterocycles. The lowest BCUT2D eigenvalue weighted by Gasteiger charge is -2.33. The van der Waals surface area contributed by atoms with E-state index in [1.165, 1.54) is 0 Å². The highest BCUT2D eigenvalue weighted by Gasteiger charge is 2.28. The van der Waals surface area contributed by atoms with Crippen molar-refractivity contribution in [3.63, 3.8) is 0 Å². The maximum Gasteiger partial charge on any atom is 0.273 e. The number of fused-ring (bicyclic) bond motifs is 3. The summed E-state index contributed by atoms with van der Waals surface area (Å²) in [4.78, 5) is 17.4.